The molecule has 120 valence electrons. The SMILES string of the molecule is CCc1ccc(C2NC(=O)C(Cc3nc[nH]c3C)NC2=O)cc1. The lowest BCUT2D eigenvalue weighted by molar-refractivity contribution is -0.136. The average Bonchev–Trinajstić information content (AvgIpc) is 2.96. The lowest BCUT2D eigenvalue weighted by Crippen LogP contribution is -2.58. The van der Waals surface area contributed by atoms with E-state index in [-0.39, 0.29) is 11.8 Å². The third-order valence-electron chi connectivity index (χ3n) is 4.23. The zero-order chi connectivity index (χ0) is 16.4. The van der Waals surface area contributed by atoms with Gasteiger partial charge in [-0.1, -0.05) is 31.2 Å². The molecule has 2 amide bonds. The number of hydrogen-bond donors (Lipinski definition) is 3. The molecule has 2 unspecified atom stereocenters. The van der Waals surface area contributed by atoms with Crippen molar-refractivity contribution in [1.29, 1.82) is 0 Å². The molecule has 0 aliphatic carbocycles. The van der Waals surface area contributed by atoms with Crippen LogP contribution in [0.5, 0.6) is 0 Å². The minimum absolute atomic E-state index is 0.184. The predicted molar refractivity (Wildman–Crippen MR) is 85.7 cm³/mol. The lowest BCUT2D eigenvalue weighted by Gasteiger charge is -2.29. The molecule has 2 heterocycles. The van der Waals surface area contributed by atoms with Crippen molar-refractivity contribution in [2.24, 2.45) is 0 Å². The van der Waals surface area contributed by atoms with Gasteiger partial charge in [-0.3, -0.25) is 9.59 Å². The van der Waals surface area contributed by atoms with E-state index in [0.29, 0.717) is 6.42 Å². The molecule has 3 rings (SSSR count). The maximum atomic E-state index is 12.4. The first-order chi connectivity index (χ1) is 11.1. The van der Waals surface area contributed by atoms with Gasteiger partial charge in [-0.25, -0.2) is 4.98 Å². The molecule has 23 heavy (non-hydrogen) atoms. The molecule has 0 saturated carbocycles. The molecule has 1 aromatic heterocycles. The third kappa shape index (κ3) is 3.11. The Bertz CT molecular complexity index is 720. The highest BCUT2D eigenvalue weighted by Crippen LogP contribution is 2.19. The van der Waals surface area contributed by atoms with E-state index in [0.717, 1.165) is 23.4 Å². The normalized spacial score (nSPS) is 21.0. The summed E-state index contributed by atoms with van der Waals surface area (Å²) < 4.78 is 0. The van der Waals surface area contributed by atoms with E-state index < -0.39 is 12.1 Å². The molecule has 1 fully saturated rings. The van der Waals surface area contributed by atoms with Crippen molar-refractivity contribution in [3.8, 4) is 0 Å². The van der Waals surface area contributed by atoms with Gasteiger partial charge >= 0.3 is 0 Å². The number of carbonyl (C=O) groups is 2. The predicted octanol–water partition coefficient (Wildman–Crippen LogP) is 1.18. The Hall–Kier alpha value is -2.63. The Morgan fingerprint density at radius 3 is 2.43 bits per heavy atom. The Kier molecular flexibility index (Phi) is 4.14. The van der Waals surface area contributed by atoms with E-state index in [2.05, 4.69) is 27.5 Å². The number of rotatable bonds is 4. The number of H-pyrrole nitrogens is 1. The second-order valence-electron chi connectivity index (χ2n) is 5.78. The number of amides is 2. The molecule has 1 saturated heterocycles. The number of nitrogens with one attached hydrogen (secondary N) is 3. The van der Waals surface area contributed by atoms with Crippen LogP contribution in [0.15, 0.2) is 30.6 Å². The van der Waals surface area contributed by atoms with Crippen LogP contribution < -0.4 is 10.6 Å². The van der Waals surface area contributed by atoms with Gasteiger partial charge in [0.25, 0.3) is 0 Å². The van der Waals surface area contributed by atoms with Crippen molar-refractivity contribution in [1.82, 2.24) is 20.6 Å². The zero-order valence-corrected chi connectivity index (χ0v) is 13.2. The molecule has 2 atom stereocenters. The van der Waals surface area contributed by atoms with Crippen LogP contribution in [0.1, 0.15) is 35.5 Å². The molecule has 6 heteroatoms. The van der Waals surface area contributed by atoms with Crippen molar-refractivity contribution < 1.29 is 9.59 Å². The highest BCUT2D eigenvalue weighted by atomic mass is 16.2. The zero-order valence-electron chi connectivity index (χ0n) is 13.2. The minimum atomic E-state index is -0.634. The van der Waals surface area contributed by atoms with Gasteiger partial charge in [0.05, 0.1) is 12.0 Å². The van der Waals surface area contributed by atoms with Crippen molar-refractivity contribution in [3.05, 3.63) is 53.1 Å². The maximum absolute atomic E-state index is 12.4. The summed E-state index contributed by atoms with van der Waals surface area (Å²) in [5, 5.41) is 5.62. The molecular weight excluding hydrogens is 292 g/mol. The van der Waals surface area contributed by atoms with Crippen LogP contribution in [0, 0.1) is 6.92 Å². The maximum Gasteiger partial charge on any atom is 0.247 e. The molecular formula is C17H20N4O2. The van der Waals surface area contributed by atoms with Crippen molar-refractivity contribution in [2.75, 3.05) is 0 Å². The molecule has 0 bridgehead atoms. The number of aryl methyl sites for hydroxylation is 2. The fourth-order valence-corrected chi connectivity index (χ4v) is 2.74. The standard InChI is InChI=1S/C17H20N4O2/c1-3-11-4-6-12(7-5-11)15-17(23)20-14(16(22)21-15)8-13-10(2)18-9-19-13/h4-7,9,14-15H,3,8H2,1-2H3,(H,18,19)(H,20,23)(H,21,22). The van der Waals surface area contributed by atoms with Gasteiger partial charge < -0.3 is 15.6 Å². The Labute approximate surface area is 134 Å². The van der Waals surface area contributed by atoms with Crippen LogP contribution in [0.3, 0.4) is 0 Å². The summed E-state index contributed by atoms with van der Waals surface area (Å²) >= 11 is 0. The topological polar surface area (TPSA) is 86.9 Å². The first-order valence-corrected chi connectivity index (χ1v) is 7.77. The fourth-order valence-electron chi connectivity index (χ4n) is 2.74. The summed E-state index contributed by atoms with van der Waals surface area (Å²) in [7, 11) is 0. The number of nitrogens with zero attached hydrogens (tertiary/aromatic N) is 1. The van der Waals surface area contributed by atoms with Crippen molar-refractivity contribution in [3.63, 3.8) is 0 Å². The molecule has 1 aromatic carbocycles. The summed E-state index contributed by atoms with van der Waals surface area (Å²) in [4.78, 5) is 31.8. The summed E-state index contributed by atoms with van der Waals surface area (Å²) in [5.74, 6) is -0.372. The highest BCUT2D eigenvalue weighted by molar-refractivity contribution is 5.97. The van der Waals surface area contributed by atoms with Crippen LogP contribution in [0.25, 0.3) is 0 Å². The van der Waals surface area contributed by atoms with E-state index in [1.165, 1.54) is 5.56 Å². The Balaban J connectivity index is 1.72. The van der Waals surface area contributed by atoms with E-state index in [4.69, 9.17) is 0 Å². The first kappa shape index (κ1) is 15.3. The number of piperazine rings is 1. The van der Waals surface area contributed by atoms with Crippen LogP contribution >= 0.6 is 0 Å². The summed E-state index contributed by atoms with van der Waals surface area (Å²) in [6.07, 6.45) is 2.91. The van der Waals surface area contributed by atoms with Gasteiger partial charge in [-0.15, -0.1) is 0 Å². The van der Waals surface area contributed by atoms with E-state index in [9.17, 15) is 9.59 Å². The van der Waals surface area contributed by atoms with Gasteiger partial charge in [0.2, 0.25) is 11.8 Å². The monoisotopic (exact) mass is 312 g/mol. The Morgan fingerprint density at radius 1 is 1.09 bits per heavy atom. The highest BCUT2D eigenvalue weighted by Gasteiger charge is 2.35. The number of aromatic amines is 1. The fraction of sp³-hybridized carbons (Fsp3) is 0.353. The quantitative estimate of drug-likeness (QED) is 0.792. The van der Waals surface area contributed by atoms with E-state index in [1.807, 2.05) is 31.2 Å². The first-order valence-electron chi connectivity index (χ1n) is 7.77. The molecule has 1 aliphatic heterocycles. The number of hydrogen-bond acceptors (Lipinski definition) is 3. The molecule has 0 spiro atoms. The van der Waals surface area contributed by atoms with E-state index in [1.54, 1.807) is 6.33 Å². The molecule has 0 radical (unpaired) electrons. The average molecular weight is 312 g/mol. The van der Waals surface area contributed by atoms with Crippen LogP contribution in [0.4, 0.5) is 0 Å². The smallest absolute Gasteiger partial charge is 0.247 e. The minimum Gasteiger partial charge on any atom is -0.348 e. The van der Waals surface area contributed by atoms with Gasteiger partial charge in [0, 0.05) is 12.1 Å². The molecule has 6 nitrogen and oxygen atoms in total. The second-order valence-corrected chi connectivity index (χ2v) is 5.78. The van der Waals surface area contributed by atoms with E-state index >= 15 is 0 Å². The third-order valence-corrected chi connectivity index (χ3v) is 4.23. The second kappa shape index (κ2) is 6.24. The van der Waals surface area contributed by atoms with Crippen LogP contribution in [-0.2, 0) is 22.4 Å². The number of carbonyl (C=O) groups excluding carboxylic acids is 2. The largest absolute Gasteiger partial charge is 0.348 e. The van der Waals surface area contributed by atoms with Gasteiger partial charge in [0.15, 0.2) is 0 Å². The lowest BCUT2D eigenvalue weighted by atomic mass is 9.98. The summed E-state index contributed by atoms with van der Waals surface area (Å²) in [6, 6.07) is 6.52. The van der Waals surface area contributed by atoms with Crippen LogP contribution in [-0.4, -0.2) is 27.8 Å². The summed E-state index contributed by atoms with van der Waals surface area (Å²) in [5.41, 5.74) is 3.69. The van der Waals surface area contributed by atoms with Gasteiger partial charge in [-0.05, 0) is 24.5 Å². The van der Waals surface area contributed by atoms with Crippen molar-refractivity contribution in [2.45, 2.75) is 38.8 Å². The number of aromatic nitrogens is 2. The number of imidazole rings is 1. The van der Waals surface area contributed by atoms with Gasteiger partial charge in [0.1, 0.15) is 12.1 Å². The summed E-state index contributed by atoms with van der Waals surface area (Å²) in [6.45, 7) is 3.97. The molecule has 3 N–H and O–H groups in total. The van der Waals surface area contributed by atoms with Gasteiger partial charge in [-0.2, -0.15) is 0 Å². The molecule has 2 aromatic rings. The molecule has 1 aliphatic rings. The van der Waals surface area contributed by atoms with Crippen LogP contribution in [0.2, 0.25) is 0 Å². The Morgan fingerprint density at radius 2 is 1.83 bits per heavy atom. The van der Waals surface area contributed by atoms with Crippen molar-refractivity contribution >= 4 is 11.8 Å². The number of benzene rings is 1.